The summed E-state index contributed by atoms with van der Waals surface area (Å²) in [5.74, 6) is 0.114. The number of carbonyl (C=O) groups excluding carboxylic acids is 4. The molecule has 3 aromatic rings. The highest BCUT2D eigenvalue weighted by molar-refractivity contribution is 6.01. The first-order valence-electron chi connectivity index (χ1n) is 16.2. The smallest absolute Gasteiger partial charge is 0.408 e. The SMILES string of the molecule is CCOC(=O)C(CN1CCC(CNC(=O)Cc2ccc(NC(=O)Nc3ccccc3C)c(OC)c2)CC1)NC(=O)OCc1ccccc1. The van der Waals surface area contributed by atoms with Crippen molar-refractivity contribution in [3.8, 4) is 5.75 Å². The molecule has 4 rings (SSSR count). The summed E-state index contributed by atoms with van der Waals surface area (Å²) in [4.78, 5) is 52.5. The van der Waals surface area contributed by atoms with Gasteiger partial charge in [-0.25, -0.2) is 14.4 Å². The van der Waals surface area contributed by atoms with E-state index in [2.05, 4.69) is 26.2 Å². The number of rotatable bonds is 14. The molecule has 1 fully saturated rings. The predicted octanol–water partition coefficient (Wildman–Crippen LogP) is 4.88. The van der Waals surface area contributed by atoms with Gasteiger partial charge < -0.3 is 40.4 Å². The molecule has 12 heteroatoms. The number of hydrogen-bond acceptors (Lipinski definition) is 8. The van der Waals surface area contributed by atoms with Gasteiger partial charge in [0.2, 0.25) is 5.91 Å². The number of alkyl carbamates (subject to hydrolysis) is 1. The molecule has 1 saturated heterocycles. The monoisotopic (exact) mass is 659 g/mol. The average molecular weight is 660 g/mol. The van der Waals surface area contributed by atoms with Gasteiger partial charge >= 0.3 is 18.1 Å². The topological polar surface area (TPSA) is 147 Å². The van der Waals surface area contributed by atoms with Crippen molar-refractivity contribution in [2.24, 2.45) is 5.92 Å². The highest BCUT2D eigenvalue weighted by atomic mass is 16.6. The average Bonchev–Trinajstić information content (AvgIpc) is 3.09. The summed E-state index contributed by atoms with van der Waals surface area (Å²) >= 11 is 0. The molecule has 0 bridgehead atoms. The van der Waals surface area contributed by atoms with Gasteiger partial charge in [0, 0.05) is 18.8 Å². The van der Waals surface area contributed by atoms with Gasteiger partial charge in [-0.3, -0.25) is 4.79 Å². The molecule has 48 heavy (non-hydrogen) atoms. The van der Waals surface area contributed by atoms with Crippen LogP contribution in [0.4, 0.5) is 21.0 Å². The van der Waals surface area contributed by atoms with Crippen LogP contribution in [-0.4, -0.2) is 74.8 Å². The highest BCUT2D eigenvalue weighted by Crippen LogP contribution is 2.26. The minimum atomic E-state index is -0.856. The molecular weight excluding hydrogens is 614 g/mol. The highest BCUT2D eigenvalue weighted by Gasteiger charge is 2.28. The summed E-state index contributed by atoms with van der Waals surface area (Å²) in [5.41, 5.74) is 3.75. The Morgan fingerprint density at radius 2 is 1.58 bits per heavy atom. The minimum Gasteiger partial charge on any atom is -0.495 e. The molecule has 3 aromatic carbocycles. The van der Waals surface area contributed by atoms with Gasteiger partial charge in [-0.05, 0) is 80.6 Å². The lowest BCUT2D eigenvalue weighted by Crippen LogP contribution is -2.51. The molecule has 0 aliphatic carbocycles. The van der Waals surface area contributed by atoms with Crippen LogP contribution >= 0.6 is 0 Å². The molecule has 4 N–H and O–H groups in total. The Balaban J connectivity index is 1.19. The van der Waals surface area contributed by atoms with E-state index < -0.39 is 24.1 Å². The summed E-state index contributed by atoms with van der Waals surface area (Å²) in [7, 11) is 1.51. The van der Waals surface area contributed by atoms with E-state index in [9.17, 15) is 19.2 Å². The van der Waals surface area contributed by atoms with Crippen LogP contribution in [0.2, 0.25) is 0 Å². The van der Waals surface area contributed by atoms with Gasteiger partial charge in [0.1, 0.15) is 18.4 Å². The molecule has 0 spiro atoms. The van der Waals surface area contributed by atoms with Crippen molar-refractivity contribution < 1.29 is 33.4 Å². The van der Waals surface area contributed by atoms with Crippen molar-refractivity contribution in [1.82, 2.24) is 15.5 Å². The van der Waals surface area contributed by atoms with Crippen LogP contribution in [0.3, 0.4) is 0 Å². The van der Waals surface area contributed by atoms with E-state index in [0.29, 0.717) is 43.3 Å². The number of nitrogens with zero attached hydrogens (tertiary/aromatic N) is 1. The Morgan fingerprint density at radius 3 is 2.29 bits per heavy atom. The maximum absolute atomic E-state index is 12.8. The zero-order chi connectivity index (χ0) is 34.3. The summed E-state index contributed by atoms with van der Waals surface area (Å²) in [6.45, 7) is 6.20. The Kier molecular flexibility index (Phi) is 13.6. The third kappa shape index (κ3) is 11.3. The van der Waals surface area contributed by atoms with Crippen LogP contribution in [0.1, 0.15) is 36.5 Å². The summed E-state index contributed by atoms with van der Waals surface area (Å²) < 4.78 is 16.0. The Morgan fingerprint density at radius 1 is 0.875 bits per heavy atom. The number of piperidine rings is 1. The Hall–Kier alpha value is -5.10. The largest absolute Gasteiger partial charge is 0.495 e. The number of benzene rings is 3. The lowest BCUT2D eigenvalue weighted by atomic mass is 9.96. The molecule has 1 atom stereocenters. The number of amides is 4. The lowest BCUT2D eigenvalue weighted by Gasteiger charge is -2.33. The van der Waals surface area contributed by atoms with E-state index >= 15 is 0 Å². The fourth-order valence-electron chi connectivity index (χ4n) is 5.40. The van der Waals surface area contributed by atoms with Crippen LogP contribution in [0.5, 0.6) is 5.75 Å². The first kappa shape index (κ1) is 35.7. The van der Waals surface area contributed by atoms with Crippen molar-refractivity contribution >= 4 is 35.4 Å². The number of esters is 1. The van der Waals surface area contributed by atoms with Crippen LogP contribution in [0, 0.1) is 12.8 Å². The number of hydrogen-bond donors (Lipinski definition) is 4. The van der Waals surface area contributed by atoms with E-state index in [0.717, 1.165) is 29.5 Å². The van der Waals surface area contributed by atoms with Crippen LogP contribution in [-0.2, 0) is 32.1 Å². The number of para-hydroxylation sites is 1. The van der Waals surface area contributed by atoms with E-state index in [1.54, 1.807) is 25.1 Å². The van der Waals surface area contributed by atoms with E-state index in [1.165, 1.54) is 7.11 Å². The Bertz CT molecular complexity index is 1530. The summed E-state index contributed by atoms with van der Waals surface area (Å²) in [6, 6.07) is 20.8. The molecule has 1 aliphatic heterocycles. The second-order valence-electron chi connectivity index (χ2n) is 11.7. The third-order valence-electron chi connectivity index (χ3n) is 8.08. The Labute approximate surface area is 281 Å². The van der Waals surface area contributed by atoms with Crippen molar-refractivity contribution in [2.45, 2.75) is 45.8 Å². The lowest BCUT2D eigenvalue weighted by molar-refractivity contribution is -0.146. The maximum atomic E-state index is 12.8. The van der Waals surface area contributed by atoms with Crippen LogP contribution < -0.4 is 26.0 Å². The number of anilines is 2. The van der Waals surface area contributed by atoms with Gasteiger partial charge in [0.15, 0.2) is 0 Å². The van der Waals surface area contributed by atoms with Crippen LogP contribution in [0.25, 0.3) is 0 Å². The van der Waals surface area contributed by atoms with Gasteiger partial charge in [-0.2, -0.15) is 0 Å². The number of likely N-dealkylation sites (tertiary alicyclic amines) is 1. The molecule has 0 saturated carbocycles. The van der Waals surface area contributed by atoms with E-state index in [1.807, 2.05) is 61.5 Å². The maximum Gasteiger partial charge on any atom is 0.408 e. The number of urea groups is 1. The van der Waals surface area contributed by atoms with Crippen molar-refractivity contribution in [3.05, 3.63) is 89.5 Å². The predicted molar refractivity (Wildman–Crippen MR) is 183 cm³/mol. The number of ether oxygens (including phenoxy) is 3. The fourth-order valence-corrected chi connectivity index (χ4v) is 5.40. The number of methoxy groups -OCH3 is 1. The number of carbonyl (C=O) groups is 4. The molecule has 1 unspecified atom stereocenters. The van der Waals surface area contributed by atoms with Crippen molar-refractivity contribution in [2.75, 3.05) is 50.5 Å². The van der Waals surface area contributed by atoms with Gasteiger partial charge in [0.25, 0.3) is 0 Å². The molecule has 256 valence electrons. The fraction of sp³-hybridized carbons (Fsp3) is 0.389. The van der Waals surface area contributed by atoms with Crippen LogP contribution in [0.15, 0.2) is 72.8 Å². The van der Waals surface area contributed by atoms with Gasteiger partial charge in [-0.1, -0.05) is 54.6 Å². The first-order valence-corrected chi connectivity index (χ1v) is 16.2. The molecule has 1 aliphatic rings. The van der Waals surface area contributed by atoms with E-state index in [4.69, 9.17) is 14.2 Å². The molecule has 0 radical (unpaired) electrons. The quantitative estimate of drug-likeness (QED) is 0.179. The zero-order valence-electron chi connectivity index (χ0n) is 27.8. The second-order valence-corrected chi connectivity index (χ2v) is 11.7. The van der Waals surface area contributed by atoms with Crippen molar-refractivity contribution in [1.29, 1.82) is 0 Å². The molecule has 0 aromatic heterocycles. The third-order valence-corrected chi connectivity index (χ3v) is 8.08. The van der Waals surface area contributed by atoms with Gasteiger partial charge in [0.05, 0.1) is 25.8 Å². The number of nitrogens with one attached hydrogen (secondary N) is 4. The summed E-state index contributed by atoms with van der Waals surface area (Å²) in [6.07, 6.45) is 1.14. The zero-order valence-corrected chi connectivity index (χ0v) is 27.8. The normalized spacial score (nSPS) is 13.9. The number of aryl methyl sites for hydroxylation is 1. The van der Waals surface area contributed by atoms with Gasteiger partial charge in [-0.15, -0.1) is 0 Å². The van der Waals surface area contributed by atoms with Crippen molar-refractivity contribution in [3.63, 3.8) is 0 Å². The molecule has 4 amide bonds. The van der Waals surface area contributed by atoms with E-state index in [-0.39, 0.29) is 31.5 Å². The molecular formula is C36H45N5O7. The minimum absolute atomic E-state index is 0.100. The molecule has 12 nitrogen and oxygen atoms in total. The standard InChI is InChI=1S/C36H45N5O7/c1-4-47-34(43)31(40-36(45)48-24-27-11-6-5-7-12-27)23-41-18-16-26(17-19-41)22-37-33(42)21-28-14-15-30(32(20-28)46-3)39-35(44)38-29-13-9-8-10-25(29)2/h5-15,20,26,31H,4,16-19,21-24H2,1-3H3,(H,37,42)(H,40,45)(H2,38,39,44). The summed E-state index contributed by atoms with van der Waals surface area (Å²) in [5, 5.41) is 11.3. The second kappa shape index (κ2) is 18.3. The first-order chi connectivity index (χ1) is 23.2. The molecule has 1 heterocycles.